The first-order valence-corrected chi connectivity index (χ1v) is 10.5. The van der Waals surface area contributed by atoms with E-state index in [0.29, 0.717) is 37.8 Å². The van der Waals surface area contributed by atoms with Gasteiger partial charge in [0.2, 0.25) is 0 Å². The van der Waals surface area contributed by atoms with Crippen LogP contribution in [0.4, 0.5) is 5.69 Å². The van der Waals surface area contributed by atoms with Crippen LogP contribution in [-0.2, 0) is 11.4 Å². The SMILES string of the molecule is COc1ccc(/C=C(\C#N)C(=O)Nc2ccccc2Cl)c(OCc2ccc(Cl)c(Cl)c2)c1. The fourth-order valence-electron chi connectivity index (χ4n) is 2.73. The van der Waals surface area contributed by atoms with E-state index in [-0.39, 0.29) is 12.2 Å². The zero-order chi connectivity index (χ0) is 23.1. The second-order valence-electron chi connectivity index (χ2n) is 6.54. The van der Waals surface area contributed by atoms with E-state index in [1.54, 1.807) is 60.7 Å². The minimum Gasteiger partial charge on any atom is -0.497 e. The van der Waals surface area contributed by atoms with Gasteiger partial charge in [-0.05, 0) is 48.0 Å². The lowest BCUT2D eigenvalue weighted by molar-refractivity contribution is -0.112. The van der Waals surface area contributed by atoms with Gasteiger partial charge in [0.05, 0.1) is 27.9 Å². The number of benzene rings is 3. The van der Waals surface area contributed by atoms with Gasteiger partial charge in [-0.25, -0.2) is 0 Å². The number of carbonyl (C=O) groups excluding carboxylic acids is 1. The molecule has 0 saturated carbocycles. The smallest absolute Gasteiger partial charge is 0.266 e. The van der Waals surface area contributed by atoms with Gasteiger partial charge in [0, 0.05) is 11.6 Å². The van der Waals surface area contributed by atoms with Gasteiger partial charge in [0.1, 0.15) is 29.7 Å². The van der Waals surface area contributed by atoms with Crippen LogP contribution in [0.1, 0.15) is 11.1 Å². The summed E-state index contributed by atoms with van der Waals surface area (Å²) >= 11 is 18.1. The number of ether oxygens (including phenoxy) is 2. The van der Waals surface area contributed by atoms with Crippen LogP contribution < -0.4 is 14.8 Å². The molecule has 0 aliphatic carbocycles. The zero-order valence-corrected chi connectivity index (χ0v) is 19.1. The van der Waals surface area contributed by atoms with E-state index in [0.717, 1.165) is 5.56 Å². The maximum Gasteiger partial charge on any atom is 0.266 e. The molecule has 0 aliphatic rings. The van der Waals surface area contributed by atoms with Gasteiger partial charge >= 0.3 is 0 Å². The summed E-state index contributed by atoms with van der Waals surface area (Å²) in [6, 6.07) is 18.9. The standard InChI is InChI=1S/C24H17Cl3N2O3/c1-31-18-8-7-16(23(12-18)32-14-15-6-9-19(25)21(27)10-15)11-17(13-28)24(30)29-22-5-3-2-4-20(22)26/h2-12H,14H2,1H3,(H,29,30)/b17-11+. The van der Waals surface area contributed by atoms with E-state index in [1.807, 2.05) is 6.07 Å². The van der Waals surface area contributed by atoms with E-state index in [2.05, 4.69) is 5.32 Å². The Bertz CT molecular complexity index is 1220. The predicted molar refractivity (Wildman–Crippen MR) is 127 cm³/mol. The molecule has 5 nitrogen and oxygen atoms in total. The van der Waals surface area contributed by atoms with Crippen LogP contribution in [0.5, 0.6) is 11.5 Å². The molecule has 162 valence electrons. The minimum atomic E-state index is -0.591. The lowest BCUT2D eigenvalue weighted by atomic mass is 10.1. The predicted octanol–water partition coefficient (Wildman–Crippen LogP) is 6.78. The Kier molecular flexibility index (Phi) is 8.02. The largest absolute Gasteiger partial charge is 0.497 e. The zero-order valence-electron chi connectivity index (χ0n) is 16.9. The minimum absolute atomic E-state index is 0.116. The highest BCUT2D eigenvalue weighted by Crippen LogP contribution is 2.29. The summed E-state index contributed by atoms with van der Waals surface area (Å²) in [7, 11) is 1.53. The third-order valence-corrected chi connectivity index (χ3v) is 5.45. The number of para-hydroxylation sites is 1. The molecule has 0 bridgehead atoms. The molecular weight excluding hydrogens is 471 g/mol. The monoisotopic (exact) mass is 486 g/mol. The number of nitrogens with one attached hydrogen (secondary N) is 1. The Morgan fingerprint density at radius 1 is 1.03 bits per heavy atom. The van der Waals surface area contributed by atoms with Crippen molar-refractivity contribution in [1.82, 2.24) is 0 Å². The second kappa shape index (κ2) is 10.9. The molecule has 0 fully saturated rings. The van der Waals surface area contributed by atoms with Crippen molar-refractivity contribution in [2.24, 2.45) is 0 Å². The Balaban J connectivity index is 1.87. The molecule has 32 heavy (non-hydrogen) atoms. The van der Waals surface area contributed by atoms with E-state index in [4.69, 9.17) is 44.3 Å². The van der Waals surface area contributed by atoms with Crippen LogP contribution in [0.25, 0.3) is 6.08 Å². The molecule has 3 rings (SSSR count). The molecule has 8 heteroatoms. The molecule has 3 aromatic carbocycles. The van der Waals surface area contributed by atoms with Gasteiger partial charge < -0.3 is 14.8 Å². The normalized spacial score (nSPS) is 10.9. The highest BCUT2D eigenvalue weighted by atomic mass is 35.5. The fourth-order valence-corrected chi connectivity index (χ4v) is 3.24. The number of carbonyl (C=O) groups is 1. The summed E-state index contributed by atoms with van der Waals surface area (Å²) in [6.45, 7) is 0.193. The Morgan fingerprint density at radius 2 is 1.81 bits per heavy atom. The van der Waals surface area contributed by atoms with Gasteiger partial charge in [0.15, 0.2) is 0 Å². The lowest BCUT2D eigenvalue weighted by Crippen LogP contribution is -2.13. The first kappa shape index (κ1) is 23.5. The van der Waals surface area contributed by atoms with E-state index in [1.165, 1.54) is 13.2 Å². The van der Waals surface area contributed by atoms with Crippen LogP contribution in [0, 0.1) is 11.3 Å². The van der Waals surface area contributed by atoms with Gasteiger partial charge in [-0.2, -0.15) is 5.26 Å². The van der Waals surface area contributed by atoms with Crippen molar-refractivity contribution >= 4 is 52.5 Å². The molecule has 0 atom stereocenters. The number of nitrogens with zero attached hydrogens (tertiary/aromatic N) is 1. The van der Waals surface area contributed by atoms with Gasteiger partial charge in [-0.1, -0.05) is 53.0 Å². The molecule has 0 aromatic heterocycles. The van der Waals surface area contributed by atoms with E-state index >= 15 is 0 Å². The van der Waals surface area contributed by atoms with Crippen molar-refractivity contribution in [3.8, 4) is 17.6 Å². The maximum atomic E-state index is 12.6. The van der Waals surface area contributed by atoms with Crippen molar-refractivity contribution in [3.05, 3.63) is 92.4 Å². The highest BCUT2D eigenvalue weighted by molar-refractivity contribution is 6.42. The molecule has 0 aliphatic heterocycles. The first-order chi connectivity index (χ1) is 15.4. The lowest BCUT2D eigenvalue weighted by Gasteiger charge is -2.12. The summed E-state index contributed by atoms with van der Waals surface area (Å²) < 4.78 is 11.2. The Morgan fingerprint density at radius 3 is 2.50 bits per heavy atom. The Labute approximate surface area is 200 Å². The molecule has 0 spiro atoms. The van der Waals surface area contributed by atoms with Crippen molar-refractivity contribution < 1.29 is 14.3 Å². The summed E-state index contributed by atoms with van der Waals surface area (Å²) in [6.07, 6.45) is 1.44. The average molecular weight is 488 g/mol. The molecule has 1 N–H and O–H groups in total. The van der Waals surface area contributed by atoms with Crippen LogP contribution >= 0.6 is 34.8 Å². The van der Waals surface area contributed by atoms with Crippen molar-refractivity contribution in [2.45, 2.75) is 6.61 Å². The Hall–Kier alpha value is -3.17. The van der Waals surface area contributed by atoms with Crippen LogP contribution in [0.15, 0.2) is 66.2 Å². The van der Waals surface area contributed by atoms with Crippen molar-refractivity contribution in [2.75, 3.05) is 12.4 Å². The summed E-state index contributed by atoms with van der Waals surface area (Å²) in [5.41, 5.74) is 1.62. The van der Waals surface area contributed by atoms with Crippen molar-refractivity contribution in [1.29, 1.82) is 5.26 Å². The second-order valence-corrected chi connectivity index (χ2v) is 7.77. The van der Waals surface area contributed by atoms with Crippen molar-refractivity contribution in [3.63, 3.8) is 0 Å². The van der Waals surface area contributed by atoms with Gasteiger partial charge in [-0.3, -0.25) is 4.79 Å². The number of methoxy groups -OCH3 is 1. The summed E-state index contributed by atoms with van der Waals surface area (Å²) in [5.74, 6) is 0.394. The van der Waals surface area contributed by atoms with E-state index < -0.39 is 5.91 Å². The first-order valence-electron chi connectivity index (χ1n) is 9.33. The maximum absolute atomic E-state index is 12.6. The number of amides is 1. The summed E-state index contributed by atoms with van der Waals surface area (Å²) in [4.78, 5) is 12.6. The molecule has 3 aromatic rings. The molecule has 0 saturated heterocycles. The molecule has 0 unspecified atom stereocenters. The number of rotatable bonds is 7. The van der Waals surface area contributed by atoms with Gasteiger partial charge in [-0.15, -0.1) is 0 Å². The number of hydrogen-bond acceptors (Lipinski definition) is 4. The number of nitriles is 1. The molecular formula is C24H17Cl3N2O3. The van der Waals surface area contributed by atoms with Crippen LogP contribution in [0.3, 0.4) is 0 Å². The average Bonchev–Trinajstić information content (AvgIpc) is 2.80. The quantitative estimate of drug-likeness (QED) is 0.294. The van der Waals surface area contributed by atoms with Crippen LogP contribution in [0.2, 0.25) is 15.1 Å². The third-order valence-electron chi connectivity index (χ3n) is 4.39. The highest BCUT2D eigenvalue weighted by Gasteiger charge is 2.14. The topological polar surface area (TPSA) is 71.3 Å². The van der Waals surface area contributed by atoms with E-state index in [9.17, 15) is 10.1 Å². The third kappa shape index (κ3) is 5.95. The molecule has 0 radical (unpaired) electrons. The summed E-state index contributed by atoms with van der Waals surface area (Å²) in [5, 5.41) is 13.4. The molecule has 1 amide bonds. The number of hydrogen-bond donors (Lipinski definition) is 1. The fraction of sp³-hybridized carbons (Fsp3) is 0.0833. The number of anilines is 1. The molecule has 0 heterocycles. The van der Waals surface area contributed by atoms with Gasteiger partial charge in [0.25, 0.3) is 5.91 Å². The number of halogens is 3. The van der Waals surface area contributed by atoms with Crippen LogP contribution in [-0.4, -0.2) is 13.0 Å².